The van der Waals surface area contributed by atoms with E-state index in [0.29, 0.717) is 16.8 Å². The summed E-state index contributed by atoms with van der Waals surface area (Å²) in [5, 5.41) is 7.94. The normalized spacial score (nSPS) is 14.3. The second kappa shape index (κ2) is 8.17. The smallest absolute Gasteiger partial charge is 0.238 e. The standard InChI is InChI=1S/C20H23F2N3O3S/c1-12-7-17(29(23,27)28)9-19(13(12)2)24-20(26)11-25(16-5-6-16)10-14-3-4-15(21)8-18(14)22/h3-4,7-9,16H,5-6,10-11H2,1-2H3,(H,24,26)(H2,23,27,28). The van der Waals surface area contributed by atoms with Gasteiger partial charge in [0.1, 0.15) is 11.6 Å². The number of nitrogens with two attached hydrogens (primary N) is 1. The van der Waals surface area contributed by atoms with Gasteiger partial charge in [-0.05, 0) is 56.0 Å². The third-order valence-corrected chi connectivity index (χ3v) is 5.93. The van der Waals surface area contributed by atoms with E-state index in [4.69, 9.17) is 5.14 Å². The average molecular weight is 423 g/mol. The topological polar surface area (TPSA) is 92.5 Å². The predicted octanol–water partition coefficient (Wildman–Crippen LogP) is 2.83. The van der Waals surface area contributed by atoms with Gasteiger partial charge in [0, 0.05) is 29.9 Å². The van der Waals surface area contributed by atoms with Gasteiger partial charge in [-0.3, -0.25) is 9.69 Å². The molecule has 0 aromatic heterocycles. The molecule has 1 aliphatic rings. The maximum atomic E-state index is 14.0. The molecule has 2 aromatic rings. The molecule has 0 heterocycles. The van der Waals surface area contributed by atoms with Crippen molar-refractivity contribution in [2.24, 2.45) is 5.14 Å². The largest absolute Gasteiger partial charge is 0.325 e. The number of nitrogens with one attached hydrogen (secondary N) is 1. The van der Waals surface area contributed by atoms with E-state index < -0.39 is 21.7 Å². The summed E-state index contributed by atoms with van der Waals surface area (Å²) in [5.41, 5.74) is 2.09. The highest BCUT2D eigenvalue weighted by molar-refractivity contribution is 7.89. The summed E-state index contributed by atoms with van der Waals surface area (Å²) in [7, 11) is -3.91. The van der Waals surface area contributed by atoms with E-state index in [2.05, 4.69) is 5.32 Å². The van der Waals surface area contributed by atoms with Crippen molar-refractivity contribution in [2.75, 3.05) is 11.9 Å². The number of amides is 1. The number of primary sulfonamides is 1. The van der Waals surface area contributed by atoms with Gasteiger partial charge in [0.2, 0.25) is 15.9 Å². The summed E-state index contributed by atoms with van der Waals surface area (Å²) in [6.45, 7) is 3.68. The highest BCUT2D eigenvalue weighted by Gasteiger charge is 2.31. The van der Waals surface area contributed by atoms with Crippen molar-refractivity contribution in [2.45, 2.75) is 44.2 Å². The number of anilines is 1. The Hall–Kier alpha value is -2.36. The fraction of sp³-hybridized carbons (Fsp3) is 0.350. The minimum absolute atomic E-state index is 0.000423. The molecule has 1 saturated carbocycles. The summed E-state index contributed by atoms with van der Waals surface area (Å²) in [5.74, 6) is -1.65. The van der Waals surface area contributed by atoms with E-state index in [1.165, 1.54) is 24.3 Å². The van der Waals surface area contributed by atoms with Crippen LogP contribution in [0, 0.1) is 25.5 Å². The van der Waals surface area contributed by atoms with Crippen molar-refractivity contribution in [3.63, 3.8) is 0 Å². The molecular formula is C20H23F2N3O3S. The van der Waals surface area contributed by atoms with Crippen LogP contribution in [0.5, 0.6) is 0 Å². The lowest BCUT2D eigenvalue weighted by atomic mass is 10.1. The lowest BCUT2D eigenvalue weighted by Crippen LogP contribution is -2.35. The molecule has 0 saturated heterocycles. The number of benzene rings is 2. The molecule has 156 valence electrons. The SMILES string of the molecule is Cc1cc(S(N)(=O)=O)cc(NC(=O)CN(Cc2ccc(F)cc2F)C2CC2)c1C. The summed E-state index contributed by atoms with van der Waals surface area (Å²) in [4.78, 5) is 14.4. The van der Waals surface area contributed by atoms with E-state index in [1.807, 2.05) is 4.90 Å². The van der Waals surface area contributed by atoms with Gasteiger partial charge in [0.05, 0.1) is 11.4 Å². The Morgan fingerprint density at radius 3 is 2.48 bits per heavy atom. The van der Waals surface area contributed by atoms with Crippen LogP contribution in [-0.2, 0) is 21.4 Å². The Morgan fingerprint density at radius 1 is 1.21 bits per heavy atom. The quantitative estimate of drug-likeness (QED) is 0.716. The Morgan fingerprint density at radius 2 is 1.90 bits per heavy atom. The van der Waals surface area contributed by atoms with Crippen molar-refractivity contribution in [3.8, 4) is 0 Å². The zero-order valence-corrected chi connectivity index (χ0v) is 17.0. The maximum Gasteiger partial charge on any atom is 0.238 e. The van der Waals surface area contributed by atoms with Crippen molar-refractivity contribution in [1.82, 2.24) is 4.90 Å². The summed E-state index contributed by atoms with van der Waals surface area (Å²) < 4.78 is 50.4. The molecule has 2 aromatic carbocycles. The first-order valence-electron chi connectivity index (χ1n) is 9.16. The van der Waals surface area contributed by atoms with E-state index in [9.17, 15) is 22.0 Å². The lowest BCUT2D eigenvalue weighted by molar-refractivity contribution is -0.117. The summed E-state index contributed by atoms with van der Waals surface area (Å²) in [6.07, 6.45) is 1.80. The van der Waals surface area contributed by atoms with E-state index >= 15 is 0 Å². The molecule has 0 radical (unpaired) electrons. The van der Waals surface area contributed by atoms with Crippen molar-refractivity contribution in [1.29, 1.82) is 0 Å². The molecule has 0 bridgehead atoms. The van der Waals surface area contributed by atoms with Gasteiger partial charge in [0.25, 0.3) is 0 Å². The van der Waals surface area contributed by atoms with Crippen LogP contribution < -0.4 is 10.5 Å². The molecule has 1 fully saturated rings. The second-order valence-electron chi connectivity index (χ2n) is 7.38. The van der Waals surface area contributed by atoms with E-state index in [-0.39, 0.29) is 29.9 Å². The highest BCUT2D eigenvalue weighted by atomic mass is 32.2. The van der Waals surface area contributed by atoms with Crippen LogP contribution in [0.4, 0.5) is 14.5 Å². The lowest BCUT2D eigenvalue weighted by Gasteiger charge is -2.22. The van der Waals surface area contributed by atoms with Gasteiger partial charge >= 0.3 is 0 Å². The summed E-state index contributed by atoms with van der Waals surface area (Å²) in [6, 6.07) is 6.33. The zero-order chi connectivity index (χ0) is 21.3. The number of sulfonamides is 1. The average Bonchev–Trinajstić information content (AvgIpc) is 3.44. The zero-order valence-electron chi connectivity index (χ0n) is 16.2. The van der Waals surface area contributed by atoms with Crippen LogP contribution >= 0.6 is 0 Å². The van der Waals surface area contributed by atoms with Crippen LogP contribution in [0.15, 0.2) is 35.2 Å². The molecule has 3 rings (SSSR count). The summed E-state index contributed by atoms with van der Waals surface area (Å²) >= 11 is 0. The maximum absolute atomic E-state index is 14.0. The molecule has 0 aliphatic heterocycles. The fourth-order valence-corrected chi connectivity index (χ4v) is 3.74. The Kier molecular flexibility index (Phi) is 6.02. The first kappa shape index (κ1) is 21.4. The molecule has 29 heavy (non-hydrogen) atoms. The van der Waals surface area contributed by atoms with Gasteiger partial charge in [0.15, 0.2) is 0 Å². The molecule has 6 nitrogen and oxygen atoms in total. The Labute approximate surface area is 168 Å². The Balaban J connectivity index is 1.75. The van der Waals surface area contributed by atoms with Crippen molar-refractivity contribution < 1.29 is 22.0 Å². The number of carbonyl (C=O) groups is 1. The van der Waals surface area contributed by atoms with Crippen molar-refractivity contribution in [3.05, 3.63) is 58.7 Å². The monoisotopic (exact) mass is 423 g/mol. The first-order valence-corrected chi connectivity index (χ1v) is 10.7. The van der Waals surface area contributed by atoms with Gasteiger partial charge in [-0.2, -0.15) is 0 Å². The molecule has 0 spiro atoms. The van der Waals surface area contributed by atoms with Gasteiger partial charge in [-0.1, -0.05) is 6.07 Å². The van der Waals surface area contributed by atoms with Crippen LogP contribution in [0.2, 0.25) is 0 Å². The molecule has 1 aliphatic carbocycles. The number of aryl methyl sites for hydroxylation is 1. The number of halogens is 2. The van der Waals surface area contributed by atoms with Crippen LogP contribution in [0.25, 0.3) is 0 Å². The first-order chi connectivity index (χ1) is 13.5. The second-order valence-corrected chi connectivity index (χ2v) is 8.94. The number of carbonyl (C=O) groups excluding carboxylic acids is 1. The third-order valence-electron chi connectivity index (χ3n) is 5.04. The number of rotatable bonds is 7. The number of nitrogens with zero attached hydrogens (tertiary/aromatic N) is 1. The van der Waals surface area contributed by atoms with Gasteiger partial charge in [-0.15, -0.1) is 0 Å². The molecule has 0 atom stereocenters. The Bertz CT molecular complexity index is 1050. The minimum atomic E-state index is -3.91. The van der Waals surface area contributed by atoms with Crippen molar-refractivity contribution >= 4 is 21.6 Å². The molecule has 3 N–H and O–H groups in total. The predicted molar refractivity (Wildman–Crippen MR) is 106 cm³/mol. The van der Waals surface area contributed by atoms with Crippen LogP contribution in [0.1, 0.15) is 29.5 Å². The van der Waals surface area contributed by atoms with Gasteiger partial charge in [-0.25, -0.2) is 22.3 Å². The molecular weight excluding hydrogens is 400 g/mol. The van der Waals surface area contributed by atoms with E-state index in [1.54, 1.807) is 13.8 Å². The van der Waals surface area contributed by atoms with E-state index in [0.717, 1.165) is 24.5 Å². The third kappa shape index (κ3) is 5.37. The molecule has 1 amide bonds. The fourth-order valence-electron chi connectivity index (χ4n) is 3.12. The van der Waals surface area contributed by atoms with Crippen LogP contribution in [-0.4, -0.2) is 31.8 Å². The number of hydrogen-bond donors (Lipinski definition) is 2. The van der Waals surface area contributed by atoms with Crippen LogP contribution in [0.3, 0.4) is 0 Å². The molecule has 9 heteroatoms. The van der Waals surface area contributed by atoms with Gasteiger partial charge < -0.3 is 5.32 Å². The minimum Gasteiger partial charge on any atom is -0.325 e. The highest BCUT2D eigenvalue weighted by Crippen LogP contribution is 2.29. The molecule has 0 unspecified atom stereocenters. The number of hydrogen-bond acceptors (Lipinski definition) is 4.